The molecule has 118 valence electrons. The topological polar surface area (TPSA) is 12.0 Å². The molecule has 1 fully saturated rings. The molecule has 21 heavy (non-hydrogen) atoms. The van der Waals surface area contributed by atoms with Crippen molar-refractivity contribution in [2.45, 2.75) is 64.3 Å². The second kappa shape index (κ2) is 8.75. The van der Waals surface area contributed by atoms with Crippen LogP contribution in [0, 0.1) is 11.7 Å². The zero-order valence-corrected chi connectivity index (χ0v) is 13.8. The van der Waals surface area contributed by atoms with E-state index in [1.165, 1.54) is 38.2 Å². The van der Waals surface area contributed by atoms with Gasteiger partial charge in [-0.05, 0) is 55.8 Å². The van der Waals surface area contributed by atoms with Crippen molar-refractivity contribution in [2.75, 3.05) is 6.54 Å². The largest absolute Gasteiger partial charge is 0.314 e. The highest BCUT2D eigenvalue weighted by Gasteiger charge is 2.18. The lowest BCUT2D eigenvalue weighted by molar-refractivity contribution is 0.399. The lowest BCUT2D eigenvalue weighted by Gasteiger charge is -2.21. The van der Waals surface area contributed by atoms with E-state index in [0.717, 1.165) is 37.3 Å². The molecule has 0 spiro atoms. The van der Waals surface area contributed by atoms with Gasteiger partial charge in [-0.1, -0.05) is 50.3 Å². The average Bonchev–Trinajstić information content (AvgIpc) is 2.97. The van der Waals surface area contributed by atoms with Crippen LogP contribution in [-0.4, -0.2) is 12.6 Å². The van der Waals surface area contributed by atoms with Crippen molar-refractivity contribution in [2.24, 2.45) is 5.92 Å². The first kappa shape index (κ1) is 16.8. The Labute approximate surface area is 133 Å². The summed E-state index contributed by atoms with van der Waals surface area (Å²) in [5.74, 6) is 0.720. The Morgan fingerprint density at radius 2 is 2.10 bits per heavy atom. The Hall–Kier alpha value is -0.600. The van der Waals surface area contributed by atoms with Crippen LogP contribution in [-0.2, 0) is 6.42 Å². The monoisotopic (exact) mass is 311 g/mol. The minimum atomic E-state index is -0.174. The quantitative estimate of drug-likeness (QED) is 0.681. The minimum absolute atomic E-state index is 0.174. The van der Waals surface area contributed by atoms with Gasteiger partial charge in [0.2, 0.25) is 0 Å². The summed E-state index contributed by atoms with van der Waals surface area (Å²) in [4.78, 5) is 0. The molecule has 1 atom stereocenters. The summed E-state index contributed by atoms with van der Waals surface area (Å²) in [5, 5.41) is 4.06. The Balaban J connectivity index is 1.90. The molecule has 1 aromatic rings. The van der Waals surface area contributed by atoms with Crippen LogP contribution in [0.4, 0.5) is 4.39 Å². The molecule has 3 heteroatoms. The molecule has 1 aliphatic carbocycles. The van der Waals surface area contributed by atoms with Crippen LogP contribution in [0.1, 0.15) is 57.4 Å². The van der Waals surface area contributed by atoms with Crippen LogP contribution in [0.25, 0.3) is 0 Å². The SMILES string of the molecule is CCCNC(CCC1CCCC1)Cc1ccc(Cl)cc1F. The molecule has 2 rings (SSSR count). The van der Waals surface area contributed by atoms with Crippen LogP contribution in [0.3, 0.4) is 0 Å². The normalized spacial score (nSPS) is 17.3. The van der Waals surface area contributed by atoms with Crippen LogP contribution in [0.2, 0.25) is 5.02 Å². The van der Waals surface area contributed by atoms with E-state index in [1.54, 1.807) is 6.07 Å². The molecule has 0 saturated heterocycles. The molecule has 0 heterocycles. The minimum Gasteiger partial charge on any atom is -0.314 e. The maximum absolute atomic E-state index is 14.0. The predicted octanol–water partition coefficient (Wildman–Crippen LogP) is 5.36. The van der Waals surface area contributed by atoms with Gasteiger partial charge in [-0.2, -0.15) is 0 Å². The molecule has 1 saturated carbocycles. The highest BCUT2D eigenvalue weighted by molar-refractivity contribution is 6.30. The van der Waals surface area contributed by atoms with Gasteiger partial charge in [0.25, 0.3) is 0 Å². The van der Waals surface area contributed by atoms with Gasteiger partial charge >= 0.3 is 0 Å². The maximum atomic E-state index is 14.0. The van der Waals surface area contributed by atoms with Crippen molar-refractivity contribution >= 4 is 11.6 Å². The number of hydrogen-bond donors (Lipinski definition) is 1. The highest BCUT2D eigenvalue weighted by atomic mass is 35.5. The van der Waals surface area contributed by atoms with Crippen molar-refractivity contribution < 1.29 is 4.39 Å². The van der Waals surface area contributed by atoms with Crippen molar-refractivity contribution in [3.05, 3.63) is 34.6 Å². The number of benzene rings is 1. The summed E-state index contributed by atoms with van der Waals surface area (Å²) in [5.41, 5.74) is 0.777. The van der Waals surface area contributed by atoms with Gasteiger partial charge in [-0.3, -0.25) is 0 Å². The molecule has 1 nitrogen and oxygen atoms in total. The molecule has 0 radical (unpaired) electrons. The summed E-state index contributed by atoms with van der Waals surface area (Å²) in [6, 6.07) is 5.41. The smallest absolute Gasteiger partial charge is 0.127 e. The third-order valence-corrected chi connectivity index (χ3v) is 4.80. The number of nitrogens with one attached hydrogen (secondary N) is 1. The van der Waals surface area contributed by atoms with Gasteiger partial charge in [0, 0.05) is 11.1 Å². The molecule has 0 aliphatic heterocycles. The molecule has 1 aliphatic rings. The Morgan fingerprint density at radius 3 is 2.76 bits per heavy atom. The van der Waals surface area contributed by atoms with E-state index in [4.69, 9.17) is 11.6 Å². The molecule has 0 bridgehead atoms. The van der Waals surface area contributed by atoms with Crippen LogP contribution in [0.5, 0.6) is 0 Å². The third kappa shape index (κ3) is 5.60. The van der Waals surface area contributed by atoms with Crippen molar-refractivity contribution in [3.63, 3.8) is 0 Å². The second-order valence-corrected chi connectivity index (χ2v) is 6.76. The van der Waals surface area contributed by atoms with Gasteiger partial charge in [0.15, 0.2) is 0 Å². The summed E-state index contributed by atoms with van der Waals surface area (Å²) >= 11 is 5.83. The molecule has 0 aromatic heterocycles. The zero-order valence-electron chi connectivity index (χ0n) is 13.0. The second-order valence-electron chi connectivity index (χ2n) is 6.32. The summed E-state index contributed by atoms with van der Waals surface area (Å²) in [6.07, 6.45) is 9.85. The van der Waals surface area contributed by atoms with E-state index in [2.05, 4.69) is 12.2 Å². The van der Waals surface area contributed by atoms with Gasteiger partial charge in [-0.25, -0.2) is 4.39 Å². The summed E-state index contributed by atoms with van der Waals surface area (Å²) in [6.45, 7) is 3.18. The van der Waals surface area contributed by atoms with Crippen molar-refractivity contribution in [3.8, 4) is 0 Å². The molecule has 1 aromatic carbocycles. The van der Waals surface area contributed by atoms with Crippen molar-refractivity contribution in [1.29, 1.82) is 0 Å². The lowest BCUT2D eigenvalue weighted by Crippen LogP contribution is -2.32. The predicted molar refractivity (Wildman–Crippen MR) is 88.4 cm³/mol. The maximum Gasteiger partial charge on any atom is 0.127 e. The number of rotatable bonds is 8. The third-order valence-electron chi connectivity index (χ3n) is 4.56. The van der Waals surface area contributed by atoms with E-state index in [9.17, 15) is 4.39 Å². The summed E-state index contributed by atoms with van der Waals surface area (Å²) < 4.78 is 14.0. The number of hydrogen-bond acceptors (Lipinski definition) is 1. The standard InChI is InChI=1S/C18H27ClFN/c1-2-11-21-17(10-7-14-5-3-4-6-14)12-15-8-9-16(19)13-18(15)20/h8-9,13-14,17,21H,2-7,10-12H2,1H3. The van der Waals surface area contributed by atoms with Gasteiger partial charge in [0.1, 0.15) is 5.82 Å². The lowest BCUT2D eigenvalue weighted by atomic mass is 9.95. The molecule has 1 N–H and O–H groups in total. The van der Waals surface area contributed by atoms with Gasteiger partial charge < -0.3 is 5.32 Å². The first-order valence-electron chi connectivity index (χ1n) is 8.36. The Kier molecular flexibility index (Phi) is 6.98. The van der Waals surface area contributed by atoms with E-state index in [0.29, 0.717) is 11.1 Å². The van der Waals surface area contributed by atoms with Gasteiger partial charge in [0.05, 0.1) is 0 Å². The van der Waals surface area contributed by atoms with Crippen LogP contribution < -0.4 is 5.32 Å². The average molecular weight is 312 g/mol. The van der Waals surface area contributed by atoms with Crippen LogP contribution in [0.15, 0.2) is 18.2 Å². The first-order valence-corrected chi connectivity index (χ1v) is 8.74. The van der Waals surface area contributed by atoms with E-state index < -0.39 is 0 Å². The first-order chi connectivity index (χ1) is 10.2. The van der Waals surface area contributed by atoms with Crippen LogP contribution >= 0.6 is 11.6 Å². The fourth-order valence-electron chi connectivity index (χ4n) is 3.31. The number of halogens is 2. The zero-order chi connectivity index (χ0) is 15.1. The van der Waals surface area contributed by atoms with E-state index in [1.807, 2.05) is 6.07 Å². The molecular weight excluding hydrogens is 285 g/mol. The van der Waals surface area contributed by atoms with Gasteiger partial charge in [-0.15, -0.1) is 0 Å². The summed E-state index contributed by atoms with van der Waals surface area (Å²) in [7, 11) is 0. The fourth-order valence-corrected chi connectivity index (χ4v) is 3.47. The van der Waals surface area contributed by atoms with E-state index in [-0.39, 0.29) is 5.82 Å². The Bertz CT molecular complexity index is 429. The Morgan fingerprint density at radius 1 is 1.33 bits per heavy atom. The highest BCUT2D eigenvalue weighted by Crippen LogP contribution is 2.29. The molecular formula is C18H27ClFN. The van der Waals surface area contributed by atoms with Crippen molar-refractivity contribution in [1.82, 2.24) is 5.32 Å². The van der Waals surface area contributed by atoms with E-state index >= 15 is 0 Å². The molecule has 0 amide bonds. The fraction of sp³-hybridized carbons (Fsp3) is 0.667. The molecule has 1 unspecified atom stereocenters.